The molecule has 2 aromatic rings. The highest BCUT2D eigenvalue weighted by molar-refractivity contribution is 7.98. The zero-order valence-electron chi connectivity index (χ0n) is 11.6. The van der Waals surface area contributed by atoms with Gasteiger partial charge in [0, 0.05) is 18.8 Å². The van der Waals surface area contributed by atoms with Crippen molar-refractivity contribution in [1.29, 1.82) is 5.26 Å². The van der Waals surface area contributed by atoms with E-state index in [1.54, 1.807) is 0 Å². The van der Waals surface area contributed by atoms with Crippen LogP contribution in [-0.2, 0) is 13.0 Å². The first-order valence-electron chi connectivity index (χ1n) is 6.75. The largest absolute Gasteiger partial charge is 0.328 e. The Morgan fingerprint density at radius 3 is 2.95 bits per heavy atom. The number of nitrogens with zero attached hydrogens (tertiary/aromatic N) is 3. The SMILES string of the molecule is CSCCCCn1c(CCCl)nc2c(C#N)cccc21. The van der Waals surface area contributed by atoms with Gasteiger partial charge in [0.1, 0.15) is 17.4 Å². The van der Waals surface area contributed by atoms with E-state index in [4.69, 9.17) is 11.6 Å². The molecule has 1 aromatic carbocycles. The van der Waals surface area contributed by atoms with Crippen molar-refractivity contribution in [1.82, 2.24) is 9.55 Å². The number of halogens is 1. The summed E-state index contributed by atoms with van der Waals surface area (Å²) in [5.74, 6) is 2.72. The van der Waals surface area contributed by atoms with E-state index in [1.807, 2.05) is 30.0 Å². The summed E-state index contributed by atoms with van der Waals surface area (Å²) in [5.41, 5.74) is 2.49. The molecule has 0 fully saturated rings. The topological polar surface area (TPSA) is 41.6 Å². The van der Waals surface area contributed by atoms with Crippen molar-refractivity contribution in [3.63, 3.8) is 0 Å². The minimum absolute atomic E-state index is 0.552. The molecule has 0 unspecified atom stereocenters. The van der Waals surface area contributed by atoms with Crippen molar-refractivity contribution in [3.8, 4) is 6.07 Å². The Morgan fingerprint density at radius 2 is 2.25 bits per heavy atom. The first-order chi connectivity index (χ1) is 9.81. The van der Waals surface area contributed by atoms with Crippen LogP contribution in [-0.4, -0.2) is 27.4 Å². The smallest absolute Gasteiger partial charge is 0.111 e. The molecule has 0 amide bonds. The van der Waals surface area contributed by atoms with Gasteiger partial charge in [-0.25, -0.2) is 4.98 Å². The highest BCUT2D eigenvalue weighted by Gasteiger charge is 2.12. The van der Waals surface area contributed by atoms with E-state index in [2.05, 4.69) is 21.9 Å². The number of alkyl halides is 1. The quantitative estimate of drug-likeness (QED) is 0.576. The Labute approximate surface area is 128 Å². The maximum Gasteiger partial charge on any atom is 0.111 e. The molecule has 3 nitrogen and oxygen atoms in total. The molecular formula is C15H18ClN3S. The van der Waals surface area contributed by atoms with Crippen LogP contribution in [0.3, 0.4) is 0 Å². The molecule has 0 saturated heterocycles. The monoisotopic (exact) mass is 307 g/mol. The van der Waals surface area contributed by atoms with E-state index in [9.17, 15) is 5.26 Å². The number of hydrogen-bond donors (Lipinski definition) is 0. The van der Waals surface area contributed by atoms with Crippen molar-refractivity contribution in [3.05, 3.63) is 29.6 Å². The maximum absolute atomic E-state index is 9.18. The summed E-state index contributed by atoms with van der Waals surface area (Å²) in [4.78, 5) is 4.62. The summed E-state index contributed by atoms with van der Waals surface area (Å²) in [6, 6.07) is 7.99. The molecule has 1 heterocycles. The molecule has 1 aromatic heterocycles. The standard InChI is InChI=1S/C15H18ClN3S/c1-20-10-3-2-9-19-13-6-4-5-12(11-17)15(13)18-14(19)7-8-16/h4-6H,2-3,7-10H2,1H3. The highest BCUT2D eigenvalue weighted by Crippen LogP contribution is 2.21. The summed E-state index contributed by atoms with van der Waals surface area (Å²) < 4.78 is 2.22. The van der Waals surface area contributed by atoms with Gasteiger partial charge in [-0.2, -0.15) is 17.0 Å². The number of unbranched alkanes of at least 4 members (excludes halogenated alkanes) is 1. The summed E-state index contributed by atoms with van der Waals surface area (Å²) in [6.07, 6.45) is 5.19. The predicted molar refractivity (Wildman–Crippen MR) is 86.5 cm³/mol. The van der Waals surface area contributed by atoms with Gasteiger partial charge in [0.05, 0.1) is 11.1 Å². The lowest BCUT2D eigenvalue weighted by Crippen LogP contribution is -2.05. The molecule has 2 rings (SSSR count). The van der Waals surface area contributed by atoms with E-state index in [0.717, 1.165) is 36.2 Å². The van der Waals surface area contributed by atoms with Crippen LogP contribution in [0.2, 0.25) is 0 Å². The fraction of sp³-hybridized carbons (Fsp3) is 0.467. The molecule has 106 valence electrons. The van der Waals surface area contributed by atoms with Gasteiger partial charge in [0.15, 0.2) is 0 Å². The van der Waals surface area contributed by atoms with Crippen LogP contribution in [0.5, 0.6) is 0 Å². The predicted octanol–water partition coefficient (Wildman–Crippen LogP) is 3.83. The van der Waals surface area contributed by atoms with Gasteiger partial charge in [-0.3, -0.25) is 0 Å². The molecule has 0 aliphatic carbocycles. The Hall–Kier alpha value is -1.18. The highest BCUT2D eigenvalue weighted by atomic mass is 35.5. The number of aryl methyl sites for hydroxylation is 2. The van der Waals surface area contributed by atoms with Crippen LogP contribution in [0.25, 0.3) is 11.0 Å². The average molecular weight is 308 g/mol. The Kier molecular flexibility index (Phi) is 5.75. The lowest BCUT2D eigenvalue weighted by atomic mass is 10.2. The number of hydrogen-bond acceptors (Lipinski definition) is 3. The number of thioether (sulfide) groups is 1. The van der Waals surface area contributed by atoms with Gasteiger partial charge in [-0.15, -0.1) is 11.6 Å². The molecule has 20 heavy (non-hydrogen) atoms. The fourth-order valence-corrected chi connectivity index (χ4v) is 2.99. The second-order valence-electron chi connectivity index (χ2n) is 4.60. The van der Waals surface area contributed by atoms with Crippen molar-refractivity contribution in [2.75, 3.05) is 17.9 Å². The molecule has 0 N–H and O–H groups in total. The third kappa shape index (κ3) is 3.28. The maximum atomic E-state index is 9.18. The van der Waals surface area contributed by atoms with Gasteiger partial charge in [-0.1, -0.05) is 6.07 Å². The van der Waals surface area contributed by atoms with Gasteiger partial charge in [-0.05, 0) is 37.0 Å². The first kappa shape index (κ1) is 15.2. The molecule has 0 saturated carbocycles. The molecule has 0 spiro atoms. The van der Waals surface area contributed by atoms with E-state index in [0.29, 0.717) is 11.4 Å². The minimum atomic E-state index is 0.552. The van der Waals surface area contributed by atoms with E-state index in [-0.39, 0.29) is 0 Å². The van der Waals surface area contributed by atoms with Crippen LogP contribution < -0.4 is 0 Å². The fourth-order valence-electron chi connectivity index (χ4n) is 2.33. The van der Waals surface area contributed by atoms with Crippen LogP contribution in [0.1, 0.15) is 24.2 Å². The van der Waals surface area contributed by atoms with E-state index < -0.39 is 0 Å². The first-order valence-corrected chi connectivity index (χ1v) is 8.67. The molecule has 0 radical (unpaired) electrons. The number of nitriles is 1. The molecule has 0 bridgehead atoms. The number of para-hydroxylation sites is 1. The summed E-state index contributed by atoms with van der Waals surface area (Å²) in [5, 5.41) is 9.18. The average Bonchev–Trinajstić information content (AvgIpc) is 2.82. The Bertz CT molecular complexity index is 615. The zero-order valence-corrected chi connectivity index (χ0v) is 13.2. The Balaban J connectivity index is 2.34. The van der Waals surface area contributed by atoms with E-state index >= 15 is 0 Å². The van der Waals surface area contributed by atoms with Gasteiger partial charge < -0.3 is 4.57 Å². The summed E-state index contributed by atoms with van der Waals surface area (Å²) >= 11 is 7.75. The minimum Gasteiger partial charge on any atom is -0.328 e. The number of fused-ring (bicyclic) bond motifs is 1. The number of imidazole rings is 1. The number of aromatic nitrogens is 2. The third-order valence-corrected chi connectivity index (χ3v) is 4.16. The van der Waals surface area contributed by atoms with Crippen LogP contribution in [0.15, 0.2) is 18.2 Å². The zero-order chi connectivity index (χ0) is 14.4. The van der Waals surface area contributed by atoms with Crippen molar-refractivity contribution < 1.29 is 0 Å². The Morgan fingerprint density at radius 1 is 1.40 bits per heavy atom. The number of benzene rings is 1. The normalized spacial score (nSPS) is 10.8. The van der Waals surface area contributed by atoms with Crippen molar-refractivity contribution >= 4 is 34.4 Å². The number of rotatable bonds is 7. The summed E-state index contributed by atoms with van der Waals surface area (Å²) in [6.45, 7) is 0.943. The molecule has 5 heteroatoms. The second-order valence-corrected chi connectivity index (χ2v) is 5.97. The molecule has 0 atom stereocenters. The molecular weight excluding hydrogens is 290 g/mol. The third-order valence-electron chi connectivity index (χ3n) is 3.28. The van der Waals surface area contributed by atoms with Gasteiger partial charge >= 0.3 is 0 Å². The van der Waals surface area contributed by atoms with Gasteiger partial charge in [0.2, 0.25) is 0 Å². The van der Waals surface area contributed by atoms with Gasteiger partial charge in [0.25, 0.3) is 0 Å². The molecule has 0 aliphatic heterocycles. The second kappa shape index (κ2) is 7.56. The lowest BCUT2D eigenvalue weighted by molar-refractivity contribution is 0.623. The van der Waals surface area contributed by atoms with E-state index in [1.165, 1.54) is 12.2 Å². The van der Waals surface area contributed by atoms with Crippen LogP contribution in [0.4, 0.5) is 0 Å². The van der Waals surface area contributed by atoms with Crippen molar-refractivity contribution in [2.24, 2.45) is 0 Å². The molecule has 0 aliphatic rings. The lowest BCUT2D eigenvalue weighted by Gasteiger charge is -2.08. The van der Waals surface area contributed by atoms with Crippen LogP contribution in [0, 0.1) is 11.3 Å². The van der Waals surface area contributed by atoms with Crippen LogP contribution >= 0.6 is 23.4 Å². The van der Waals surface area contributed by atoms with Crippen molar-refractivity contribution in [2.45, 2.75) is 25.8 Å². The summed E-state index contributed by atoms with van der Waals surface area (Å²) in [7, 11) is 0.